The number of rotatable bonds is 7. The summed E-state index contributed by atoms with van der Waals surface area (Å²) in [5, 5.41) is 3.44. The molecule has 0 spiro atoms. The first kappa shape index (κ1) is 19.2. The molecule has 1 amide bonds. The number of carbonyl (C=O) groups is 1. The first-order valence-electron chi connectivity index (χ1n) is 9.00. The highest BCUT2D eigenvalue weighted by Gasteiger charge is 2.15. The van der Waals surface area contributed by atoms with Gasteiger partial charge in [0.15, 0.2) is 5.16 Å². The van der Waals surface area contributed by atoms with E-state index in [4.69, 9.17) is 0 Å². The van der Waals surface area contributed by atoms with Crippen LogP contribution in [0.3, 0.4) is 0 Å². The van der Waals surface area contributed by atoms with Crippen molar-refractivity contribution >= 4 is 28.7 Å². The average molecular weight is 385 g/mol. The summed E-state index contributed by atoms with van der Waals surface area (Å²) in [6.45, 7) is 4.91. The predicted octanol–water partition coefficient (Wildman–Crippen LogP) is 3.18. The molecule has 0 saturated heterocycles. The summed E-state index contributed by atoms with van der Waals surface area (Å²) < 4.78 is 1.49. The summed E-state index contributed by atoms with van der Waals surface area (Å²) >= 11 is 1.28. The normalized spacial score (nSPS) is 11.3. The van der Waals surface area contributed by atoms with Gasteiger partial charge in [-0.2, -0.15) is 0 Å². The Labute approximate surface area is 162 Å². The van der Waals surface area contributed by atoms with Gasteiger partial charge in [0.25, 0.3) is 5.56 Å². The Bertz CT molecular complexity index is 992. The zero-order chi connectivity index (χ0) is 19.4. The maximum Gasteiger partial charge on any atom is 0.278 e. The van der Waals surface area contributed by atoms with Crippen LogP contribution in [0.4, 0.5) is 0 Å². The van der Waals surface area contributed by atoms with Crippen molar-refractivity contribution in [3.8, 4) is 11.1 Å². The van der Waals surface area contributed by atoms with Gasteiger partial charge >= 0.3 is 0 Å². The molecule has 142 valence electrons. The van der Waals surface area contributed by atoms with Crippen molar-refractivity contribution in [3.63, 3.8) is 0 Å². The van der Waals surface area contributed by atoms with Crippen LogP contribution >= 0.6 is 11.8 Å². The van der Waals surface area contributed by atoms with E-state index in [2.05, 4.69) is 29.1 Å². The quantitative estimate of drug-likeness (QED) is 0.484. The number of nitrogens with zero attached hydrogens (tertiary/aromatic N) is 2. The Hall–Kier alpha value is -2.54. The minimum atomic E-state index is -0.148. The zero-order valence-corrected chi connectivity index (χ0v) is 16.6. The first-order valence-corrected chi connectivity index (χ1v) is 9.99. The van der Waals surface area contributed by atoms with E-state index in [9.17, 15) is 9.59 Å². The minimum Gasteiger partial charge on any atom is -0.355 e. The van der Waals surface area contributed by atoms with Crippen LogP contribution in [0.15, 0.2) is 46.5 Å². The van der Waals surface area contributed by atoms with Crippen molar-refractivity contribution in [1.29, 1.82) is 0 Å². The van der Waals surface area contributed by atoms with E-state index in [0.717, 1.165) is 17.5 Å². The van der Waals surface area contributed by atoms with Crippen LogP contribution in [0.25, 0.3) is 22.2 Å². The van der Waals surface area contributed by atoms with E-state index in [1.54, 1.807) is 7.05 Å². The first-order chi connectivity index (χ1) is 13.0. The smallest absolute Gasteiger partial charge is 0.278 e. The molecule has 0 fully saturated rings. The standard InChI is InChI=1S/C20H24N4O2S/c1-13(2)9-10-21-16(25)12-27-20-23-17-15(14-7-5-4-6-8-14)11-22-18(17)19(26)24(20)3/h4-8,11,13,22H,9-10,12H2,1-3H3,(H,21,25). The third kappa shape index (κ3) is 4.42. The highest BCUT2D eigenvalue weighted by molar-refractivity contribution is 7.99. The molecule has 3 rings (SSSR count). The molecule has 6 nitrogen and oxygen atoms in total. The predicted molar refractivity (Wildman–Crippen MR) is 110 cm³/mol. The molecule has 1 aromatic carbocycles. The van der Waals surface area contributed by atoms with Crippen molar-refractivity contribution in [2.75, 3.05) is 12.3 Å². The van der Waals surface area contributed by atoms with Gasteiger partial charge in [-0.3, -0.25) is 14.2 Å². The van der Waals surface area contributed by atoms with E-state index >= 15 is 0 Å². The van der Waals surface area contributed by atoms with Crippen molar-refractivity contribution in [1.82, 2.24) is 19.9 Å². The van der Waals surface area contributed by atoms with Gasteiger partial charge in [-0.15, -0.1) is 0 Å². The molecule has 0 aliphatic heterocycles. The lowest BCUT2D eigenvalue weighted by Gasteiger charge is -2.09. The number of thioether (sulfide) groups is 1. The lowest BCUT2D eigenvalue weighted by Crippen LogP contribution is -2.27. The summed E-state index contributed by atoms with van der Waals surface area (Å²) in [7, 11) is 1.68. The van der Waals surface area contributed by atoms with Crippen LogP contribution in [0, 0.1) is 5.92 Å². The molecule has 27 heavy (non-hydrogen) atoms. The van der Waals surface area contributed by atoms with Gasteiger partial charge in [-0.1, -0.05) is 55.9 Å². The molecule has 2 aromatic heterocycles. The fraction of sp³-hybridized carbons (Fsp3) is 0.350. The second-order valence-electron chi connectivity index (χ2n) is 6.87. The van der Waals surface area contributed by atoms with Crippen LogP contribution in [0.1, 0.15) is 20.3 Å². The molecule has 0 saturated carbocycles. The average Bonchev–Trinajstić information content (AvgIpc) is 3.08. The molecule has 0 atom stereocenters. The number of hydrogen-bond acceptors (Lipinski definition) is 4. The Morgan fingerprint density at radius 2 is 2.04 bits per heavy atom. The molecule has 3 aromatic rings. The number of hydrogen-bond donors (Lipinski definition) is 2. The molecule has 0 radical (unpaired) electrons. The molecule has 2 heterocycles. The maximum absolute atomic E-state index is 12.7. The number of amides is 1. The second kappa shape index (κ2) is 8.43. The molecule has 0 bridgehead atoms. The van der Waals surface area contributed by atoms with Gasteiger partial charge in [0.1, 0.15) is 11.0 Å². The number of fused-ring (bicyclic) bond motifs is 1. The van der Waals surface area contributed by atoms with Gasteiger partial charge in [0.2, 0.25) is 5.91 Å². The van der Waals surface area contributed by atoms with Crippen LogP contribution in [-0.4, -0.2) is 32.7 Å². The fourth-order valence-electron chi connectivity index (χ4n) is 2.77. The van der Waals surface area contributed by atoms with E-state index in [-0.39, 0.29) is 17.2 Å². The Balaban J connectivity index is 1.83. The SMILES string of the molecule is CC(C)CCNC(=O)CSc1nc2c(-c3ccccc3)c[nH]c2c(=O)n1C. The Morgan fingerprint density at radius 3 is 2.74 bits per heavy atom. The van der Waals surface area contributed by atoms with Gasteiger partial charge < -0.3 is 10.3 Å². The molecule has 0 unspecified atom stereocenters. The van der Waals surface area contributed by atoms with E-state index < -0.39 is 0 Å². The zero-order valence-electron chi connectivity index (χ0n) is 15.8. The lowest BCUT2D eigenvalue weighted by atomic mass is 10.1. The largest absolute Gasteiger partial charge is 0.355 e. The summed E-state index contributed by atoms with van der Waals surface area (Å²) in [4.78, 5) is 32.4. The van der Waals surface area contributed by atoms with Gasteiger partial charge in [0.05, 0.1) is 5.75 Å². The number of benzene rings is 1. The van der Waals surface area contributed by atoms with Crippen molar-refractivity contribution in [2.45, 2.75) is 25.4 Å². The third-order valence-electron chi connectivity index (χ3n) is 4.33. The molecule has 0 aliphatic rings. The fourth-order valence-corrected chi connectivity index (χ4v) is 3.56. The number of aromatic amines is 1. The Kier molecular flexibility index (Phi) is 6.01. The highest BCUT2D eigenvalue weighted by atomic mass is 32.2. The maximum atomic E-state index is 12.7. The molecule has 0 aliphatic carbocycles. The summed E-state index contributed by atoms with van der Waals surface area (Å²) in [5.41, 5.74) is 2.83. The van der Waals surface area contributed by atoms with Gasteiger partial charge in [-0.05, 0) is 17.9 Å². The van der Waals surface area contributed by atoms with Gasteiger partial charge in [-0.25, -0.2) is 4.98 Å². The van der Waals surface area contributed by atoms with Crippen LogP contribution < -0.4 is 10.9 Å². The van der Waals surface area contributed by atoms with E-state index in [1.807, 2.05) is 36.5 Å². The number of nitrogens with one attached hydrogen (secondary N) is 2. The summed E-state index contributed by atoms with van der Waals surface area (Å²) in [6.07, 6.45) is 2.75. The summed E-state index contributed by atoms with van der Waals surface area (Å²) in [5.74, 6) is 0.731. The van der Waals surface area contributed by atoms with E-state index in [1.165, 1.54) is 16.3 Å². The van der Waals surface area contributed by atoms with Crippen molar-refractivity contribution < 1.29 is 4.79 Å². The van der Waals surface area contributed by atoms with E-state index in [0.29, 0.717) is 28.7 Å². The number of carbonyl (C=O) groups excluding carboxylic acids is 1. The van der Waals surface area contributed by atoms with Crippen LogP contribution in [-0.2, 0) is 11.8 Å². The van der Waals surface area contributed by atoms with Crippen LogP contribution in [0.5, 0.6) is 0 Å². The van der Waals surface area contributed by atoms with Crippen molar-refractivity contribution in [3.05, 3.63) is 46.9 Å². The number of H-pyrrole nitrogens is 1. The Morgan fingerprint density at radius 1 is 1.30 bits per heavy atom. The van der Waals surface area contributed by atoms with Crippen LogP contribution in [0.2, 0.25) is 0 Å². The van der Waals surface area contributed by atoms with Crippen molar-refractivity contribution in [2.24, 2.45) is 13.0 Å². The lowest BCUT2D eigenvalue weighted by molar-refractivity contribution is -0.118. The number of aromatic nitrogens is 3. The monoisotopic (exact) mass is 384 g/mol. The molecule has 2 N–H and O–H groups in total. The second-order valence-corrected chi connectivity index (χ2v) is 7.81. The highest BCUT2D eigenvalue weighted by Crippen LogP contribution is 2.27. The topological polar surface area (TPSA) is 79.8 Å². The summed E-state index contributed by atoms with van der Waals surface area (Å²) in [6, 6.07) is 9.82. The third-order valence-corrected chi connectivity index (χ3v) is 5.36. The molecule has 7 heteroatoms. The molecular formula is C20H24N4O2S. The molecular weight excluding hydrogens is 360 g/mol. The van der Waals surface area contributed by atoms with Gasteiger partial charge in [0, 0.05) is 25.4 Å². The minimum absolute atomic E-state index is 0.0488.